The van der Waals surface area contributed by atoms with Crippen LogP contribution in [0.5, 0.6) is 5.75 Å². The molecule has 0 bridgehead atoms. The second-order valence-electron chi connectivity index (χ2n) is 10.2. The third kappa shape index (κ3) is 5.05. The van der Waals surface area contributed by atoms with Crippen molar-refractivity contribution in [1.82, 2.24) is 20.4 Å². The number of halogens is 1. The van der Waals surface area contributed by atoms with Gasteiger partial charge in [-0.1, -0.05) is 5.16 Å². The van der Waals surface area contributed by atoms with Gasteiger partial charge in [-0.15, -0.1) is 0 Å². The van der Waals surface area contributed by atoms with Crippen LogP contribution in [0.4, 0.5) is 10.2 Å². The lowest BCUT2D eigenvalue weighted by atomic mass is 9.73. The first-order chi connectivity index (χ1) is 17.8. The van der Waals surface area contributed by atoms with Crippen molar-refractivity contribution in [3.05, 3.63) is 41.0 Å². The Morgan fingerprint density at radius 1 is 1.19 bits per heavy atom. The highest BCUT2D eigenvalue weighted by Gasteiger charge is 2.45. The van der Waals surface area contributed by atoms with Gasteiger partial charge in [0.1, 0.15) is 35.9 Å². The monoisotopic (exact) mass is 511 g/mol. The molecule has 9 nitrogen and oxygen atoms in total. The molecule has 0 aliphatic carbocycles. The number of aliphatic hydroxyl groups is 1. The fraction of sp³-hybridized carbons (Fsp3) is 0.519. The summed E-state index contributed by atoms with van der Waals surface area (Å²) in [6.07, 6.45) is 1.38. The molecule has 37 heavy (non-hydrogen) atoms. The van der Waals surface area contributed by atoms with Gasteiger partial charge in [-0.2, -0.15) is 0 Å². The average molecular weight is 512 g/mol. The number of nitrogens with one attached hydrogen (secondary N) is 1. The standard InChI is InChI=1S/C27H34FN5O4/c1-16-24(23-17(2)32-37-18(23)3)30-25(31-26(16)33-14-27(15-33)7-9-35-10-8-27)21-11-20(5-6-22(21)28)36-13-19(34)12-29-4/h5-6,11,19,29,34H,7-10,12-15H2,1-4H3. The Labute approximate surface area is 216 Å². The maximum Gasteiger partial charge on any atom is 0.165 e. The molecule has 2 saturated heterocycles. The molecule has 3 aromatic rings. The van der Waals surface area contributed by atoms with Crippen molar-refractivity contribution in [2.75, 3.05) is 51.4 Å². The van der Waals surface area contributed by atoms with Gasteiger partial charge < -0.3 is 29.3 Å². The highest BCUT2D eigenvalue weighted by atomic mass is 19.1. The Morgan fingerprint density at radius 3 is 2.62 bits per heavy atom. The number of hydrogen-bond donors (Lipinski definition) is 2. The van der Waals surface area contributed by atoms with Crippen LogP contribution in [0.15, 0.2) is 22.7 Å². The first-order valence-corrected chi connectivity index (χ1v) is 12.7. The first-order valence-electron chi connectivity index (χ1n) is 12.7. The summed E-state index contributed by atoms with van der Waals surface area (Å²) in [4.78, 5) is 12.0. The molecule has 0 saturated carbocycles. The molecule has 0 amide bonds. The normalized spacial score (nSPS) is 17.6. The minimum atomic E-state index is -0.684. The minimum Gasteiger partial charge on any atom is -0.491 e. The van der Waals surface area contributed by atoms with Crippen LogP contribution in [-0.2, 0) is 4.74 Å². The number of ether oxygens (including phenoxy) is 2. The van der Waals surface area contributed by atoms with Crippen molar-refractivity contribution in [3.63, 3.8) is 0 Å². The van der Waals surface area contributed by atoms with E-state index in [1.807, 2.05) is 20.8 Å². The average Bonchev–Trinajstić information content (AvgIpc) is 3.20. The summed E-state index contributed by atoms with van der Waals surface area (Å²) in [5, 5.41) is 17.0. The number of aromatic nitrogens is 3. The van der Waals surface area contributed by atoms with Gasteiger partial charge in [0.25, 0.3) is 0 Å². The van der Waals surface area contributed by atoms with Gasteiger partial charge >= 0.3 is 0 Å². The molecule has 4 heterocycles. The van der Waals surface area contributed by atoms with E-state index in [1.54, 1.807) is 19.2 Å². The van der Waals surface area contributed by atoms with Gasteiger partial charge in [0.05, 0.1) is 22.5 Å². The number of benzene rings is 1. The molecule has 2 aromatic heterocycles. The molecule has 2 fully saturated rings. The van der Waals surface area contributed by atoms with Gasteiger partial charge in [-0.25, -0.2) is 14.4 Å². The van der Waals surface area contributed by atoms with Crippen molar-refractivity contribution in [1.29, 1.82) is 0 Å². The Hall–Kier alpha value is -3.08. The van der Waals surface area contributed by atoms with Gasteiger partial charge in [0, 0.05) is 43.8 Å². The molecule has 1 unspecified atom stereocenters. The molecule has 2 aliphatic heterocycles. The predicted molar refractivity (Wildman–Crippen MR) is 137 cm³/mol. The number of aliphatic hydroxyl groups excluding tert-OH is 1. The van der Waals surface area contributed by atoms with Crippen molar-refractivity contribution in [2.45, 2.75) is 39.7 Å². The molecule has 0 radical (unpaired) electrons. The molecule has 1 aromatic carbocycles. The van der Waals surface area contributed by atoms with Crippen LogP contribution in [-0.4, -0.2) is 72.8 Å². The molecule has 198 valence electrons. The lowest BCUT2D eigenvalue weighted by Gasteiger charge is -2.53. The summed E-state index contributed by atoms with van der Waals surface area (Å²) in [7, 11) is 1.75. The molecule has 2 aliphatic rings. The molecule has 5 rings (SSSR count). The zero-order chi connectivity index (χ0) is 26.2. The molecule has 1 spiro atoms. The van der Waals surface area contributed by atoms with E-state index in [2.05, 4.69) is 15.4 Å². The van der Waals surface area contributed by atoms with Crippen molar-refractivity contribution in [2.24, 2.45) is 5.41 Å². The van der Waals surface area contributed by atoms with Crippen LogP contribution in [0.1, 0.15) is 29.9 Å². The van der Waals surface area contributed by atoms with E-state index in [4.69, 9.17) is 24.0 Å². The largest absolute Gasteiger partial charge is 0.491 e. The minimum absolute atomic E-state index is 0.0792. The highest BCUT2D eigenvalue weighted by molar-refractivity contribution is 5.75. The van der Waals surface area contributed by atoms with E-state index in [0.717, 1.165) is 61.8 Å². The fourth-order valence-corrected chi connectivity index (χ4v) is 5.28. The zero-order valence-corrected chi connectivity index (χ0v) is 21.8. The third-order valence-corrected chi connectivity index (χ3v) is 7.36. The van der Waals surface area contributed by atoms with Crippen molar-refractivity contribution < 1.29 is 23.5 Å². The third-order valence-electron chi connectivity index (χ3n) is 7.36. The van der Waals surface area contributed by atoms with E-state index in [1.165, 1.54) is 6.07 Å². The summed E-state index contributed by atoms with van der Waals surface area (Å²) in [5.74, 6) is 1.68. The van der Waals surface area contributed by atoms with Crippen LogP contribution in [0.3, 0.4) is 0 Å². The Balaban J connectivity index is 1.54. The summed E-state index contributed by atoms with van der Waals surface area (Å²) in [6.45, 7) is 9.52. The number of anilines is 1. The van der Waals surface area contributed by atoms with Crippen LogP contribution in [0, 0.1) is 32.0 Å². The van der Waals surface area contributed by atoms with E-state index in [9.17, 15) is 5.11 Å². The number of likely N-dealkylation sites (N-methyl/N-ethyl adjacent to an activating group) is 1. The smallest absolute Gasteiger partial charge is 0.165 e. The lowest BCUT2D eigenvalue weighted by molar-refractivity contribution is -0.000490. The summed E-state index contributed by atoms with van der Waals surface area (Å²) in [5.41, 5.74) is 3.58. The van der Waals surface area contributed by atoms with E-state index >= 15 is 4.39 Å². The maximum absolute atomic E-state index is 15.2. The van der Waals surface area contributed by atoms with Crippen LogP contribution >= 0.6 is 0 Å². The predicted octanol–water partition coefficient (Wildman–Crippen LogP) is 3.44. The molecular formula is C27H34FN5O4. The van der Waals surface area contributed by atoms with Gasteiger partial charge in [0.2, 0.25) is 0 Å². The number of nitrogens with zero attached hydrogens (tertiary/aromatic N) is 4. The molecule has 10 heteroatoms. The fourth-order valence-electron chi connectivity index (χ4n) is 5.28. The summed E-state index contributed by atoms with van der Waals surface area (Å²) < 4.78 is 31.9. The summed E-state index contributed by atoms with van der Waals surface area (Å²) >= 11 is 0. The van der Waals surface area contributed by atoms with Gasteiger partial charge in [-0.3, -0.25) is 0 Å². The molecule has 1 atom stereocenters. The topological polar surface area (TPSA) is 106 Å². The number of rotatable bonds is 8. The quantitative estimate of drug-likeness (QED) is 0.470. The first kappa shape index (κ1) is 25.6. The Bertz CT molecular complexity index is 1250. The Morgan fingerprint density at radius 2 is 1.95 bits per heavy atom. The number of hydrogen-bond acceptors (Lipinski definition) is 9. The second-order valence-corrected chi connectivity index (χ2v) is 10.2. The Kier molecular flexibility index (Phi) is 7.15. The number of aryl methyl sites for hydroxylation is 2. The molecule has 2 N–H and O–H groups in total. The van der Waals surface area contributed by atoms with Crippen molar-refractivity contribution >= 4 is 5.82 Å². The highest BCUT2D eigenvalue weighted by Crippen LogP contribution is 2.44. The lowest BCUT2D eigenvalue weighted by Crippen LogP contribution is -2.59. The van der Waals surface area contributed by atoms with E-state index < -0.39 is 11.9 Å². The maximum atomic E-state index is 15.2. The van der Waals surface area contributed by atoms with E-state index in [-0.39, 0.29) is 23.4 Å². The zero-order valence-electron chi connectivity index (χ0n) is 21.8. The van der Waals surface area contributed by atoms with Crippen LogP contribution < -0.4 is 15.0 Å². The second kappa shape index (κ2) is 10.4. The van der Waals surface area contributed by atoms with Crippen LogP contribution in [0.25, 0.3) is 22.6 Å². The SMILES string of the molecule is CNCC(O)COc1ccc(F)c(-c2nc(-c3c(C)noc3C)c(C)c(N3CC4(CCOCC4)C3)n2)c1. The van der Waals surface area contributed by atoms with Crippen LogP contribution in [0.2, 0.25) is 0 Å². The molecular weight excluding hydrogens is 477 g/mol. The van der Waals surface area contributed by atoms with Gasteiger partial charge in [0.15, 0.2) is 5.82 Å². The van der Waals surface area contributed by atoms with Crippen molar-refractivity contribution in [3.8, 4) is 28.4 Å². The summed E-state index contributed by atoms with van der Waals surface area (Å²) in [6, 6.07) is 4.47. The van der Waals surface area contributed by atoms with E-state index in [0.29, 0.717) is 23.7 Å². The van der Waals surface area contributed by atoms with Gasteiger partial charge in [-0.05, 0) is 58.9 Å².